The van der Waals surface area contributed by atoms with Gasteiger partial charge in [0.05, 0.1) is 20.8 Å². The van der Waals surface area contributed by atoms with E-state index in [1.807, 2.05) is 18.2 Å². The van der Waals surface area contributed by atoms with Crippen molar-refractivity contribution in [1.82, 2.24) is 9.88 Å². The third-order valence-electron chi connectivity index (χ3n) is 5.49. The maximum Gasteiger partial charge on any atom is 0.257 e. The molecule has 0 atom stereocenters. The van der Waals surface area contributed by atoms with E-state index < -0.39 is 0 Å². The number of halogens is 2. The molecule has 5 rings (SSSR count). The Labute approximate surface area is 198 Å². The number of nitrogens with one attached hydrogen (secondary N) is 1. The molecule has 0 saturated heterocycles. The van der Waals surface area contributed by atoms with Gasteiger partial charge in [-0.15, -0.1) is 22.7 Å². The molecule has 1 aliphatic rings. The molecule has 3 heterocycles. The minimum Gasteiger partial charge on any atom is -0.313 e. The van der Waals surface area contributed by atoms with E-state index >= 15 is 0 Å². The van der Waals surface area contributed by atoms with E-state index in [-0.39, 0.29) is 5.91 Å². The van der Waals surface area contributed by atoms with Crippen LogP contribution in [0.3, 0.4) is 0 Å². The zero-order chi connectivity index (χ0) is 21.5. The molecule has 2 aromatic carbocycles. The van der Waals surface area contributed by atoms with Crippen LogP contribution in [-0.4, -0.2) is 28.9 Å². The van der Waals surface area contributed by atoms with Crippen molar-refractivity contribution in [2.45, 2.75) is 19.9 Å². The van der Waals surface area contributed by atoms with E-state index in [1.54, 1.807) is 40.9 Å². The average molecular weight is 488 g/mol. The quantitative estimate of drug-likeness (QED) is 0.338. The van der Waals surface area contributed by atoms with Crippen molar-refractivity contribution in [2.75, 3.05) is 18.4 Å². The van der Waals surface area contributed by atoms with E-state index in [2.05, 4.69) is 23.2 Å². The molecule has 0 fully saturated rings. The van der Waals surface area contributed by atoms with Crippen LogP contribution >= 0.6 is 45.9 Å². The first-order valence-electron chi connectivity index (χ1n) is 10.0. The van der Waals surface area contributed by atoms with Gasteiger partial charge in [-0.05, 0) is 48.9 Å². The summed E-state index contributed by atoms with van der Waals surface area (Å²) in [6.45, 7) is 5.09. The van der Waals surface area contributed by atoms with Crippen molar-refractivity contribution >= 4 is 67.0 Å². The monoisotopic (exact) mass is 487 g/mol. The smallest absolute Gasteiger partial charge is 0.257 e. The van der Waals surface area contributed by atoms with Crippen LogP contribution in [0.5, 0.6) is 0 Å². The molecular weight excluding hydrogens is 469 g/mol. The van der Waals surface area contributed by atoms with Crippen LogP contribution in [-0.2, 0) is 13.0 Å². The second-order valence-corrected chi connectivity index (χ2v) is 10.4. The maximum absolute atomic E-state index is 13.1. The lowest BCUT2D eigenvalue weighted by molar-refractivity contribution is 0.102. The van der Waals surface area contributed by atoms with Crippen LogP contribution in [0.25, 0.3) is 20.8 Å². The number of anilines is 1. The van der Waals surface area contributed by atoms with Crippen LogP contribution < -0.4 is 5.32 Å². The van der Waals surface area contributed by atoms with Gasteiger partial charge in [0.25, 0.3) is 5.91 Å². The number of hydrogen-bond acceptors (Lipinski definition) is 5. The fraction of sp³-hybridized carbons (Fsp3) is 0.217. The number of thiazole rings is 1. The lowest BCUT2D eigenvalue weighted by Crippen LogP contribution is -2.29. The summed E-state index contributed by atoms with van der Waals surface area (Å²) in [5, 5.41) is 5.74. The van der Waals surface area contributed by atoms with Crippen molar-refractivity contribution in [2.24, 2.45) is 0 Å². The average Bonchev–Trinajstić information content (AvgIpc) is 3.33. The molecule has 0 bridgehead atoms. The first-order valence-corrected chi connectivity index (χ1v) is 12.4. The van der Waals surface area contributed by atoms with Crippen molar-refractivity contribution in [3.63, 3.8) is 0 Å². The van der Waals surface area contributed by atoms with Crippen molar-refractivity contribution < 1.29 is 4.79 Å². The summed E-state index contributed by atoms with van der Waals surface area (Å²) in [7, 11) is 0. The highest BCUT2D eigenvalue weighted by molar-refractivity contribution is 7.23. The fourth-order valence-electron chi connectivity index (χ4n) is 3.86. The number of thiophene rings is 1. The predicted molar refractivity (Wildman–Crippen MR) is 132 cm³/mol. The molecule has 4 aromatic rings. The number of fused-ring (bicyclic) bond motifs is 2. The number of carbonyl (C=O) groups is 1. The number of likely N-dealkylation sites (N-methyl/N-ethyl adjacent to an activating group) is 1. The Hall–Kier alpha value is -1.96. The van der Waals surface area contributed by atoms with Crippen molar-refractivity contribution in [3.8, 4) is 10.6 Å². The van der Waals surface area contributed by atoms with Gasteiger partial charge in [0.2, 0.25) is 0 Å². The first-order chi connectivity index (χ1) is 15.0. The SMILES string of the molecule is CCN1CCc2c(sc(NC(=O)c3ccc(Cl)cc3Cl)c2-c2nc3ccccc3s2)C1. The van der Waals surface area contributed by atoms with Crippen molar-refractivity contribution in [3.05, 3.63) is 68.5 Å². The van der Waals surface area contributed by atoms with Gasteiger partial charge in [0.1, 0.15) is 10.0 Å². The van der Waals surface area contributed by atoms with Gasteiger partial charge in [0, 0.05) is 28.6 Å². The van der Waals surface area contributed by atoms with Gasteiger partial charge in [-0.2, -0.15) is 0 Å². The molecule has 158 valence electrons. The minimum absolute atomic E-state index is 0.241. The molecule has 1 amide bonds. The zero-order valence-electron chi connectivity index (χ0n) is 16.7. The van der Waals surface area contributed by atoms with E-state index in [4.69, 9.17) is 28.2 Å². The Balaban J connectivity index is 1.59. The van der Waals surface area contributed by atoms with Gasteiger partial charge in [-0.25, -0.2) is 4.98 Å². The highest BCUT2D eigenvalue weighted by Gasteiger charge is 2.27. The predicted octanol–water partition coefficient (Wildman–Crippen LogP) is 6.96. The van der Waals surface area contributed by atoms with Crippen LogP contribution in [0.15, 0.2) is 42.5 Å². The Kier molecular flexibility index (Phi) is 5.75. The van der Waals surface area contributed by atoms with Crippen LogP contribution in [0.2, 0.25) is 10.0 Å². The van der Waals surface area contributed by atoms with Gasteiger partial charge in [0.15, 0.2) is 0 Å². The Bertz CT molecular complexity index is 1260. The summed E-state index contributed by atoms with van der Waals surface area (Å²) in [6, 6.07) is 13.1. The number of para-hydroxylation sites is 1. The molecular formula is C23H19Cl2N3OS2. The molecule has 4 nitrogen and oxygen atoms in total. The number of rotatable bonds is 4. The largest absolute Gasteiger partial charge is 0.313 e. The van der Waals surface area contributed by atoms with E-state index in [9.17, 15) is 4.79 Å². The first kappa shape index (κ1) is 20.9. The van der Waals surface area contributed by atoms with Crippen LogP contribution in [0, 0.1) is 0 Å². The molecule has 2 aromatic heterocycles. The number of aromatic nitrogens is 1. The zero-order valence-corrected chi connectivity index (χ0v) is 19.9. The summed E-state index contributed by atoms with van der Waals surface area (Å²) >= 11 is 15.6. The van der Waals surface area contributed by atoms with Gasteiger partial charge in [-0.1, -0.05) is 42.3 Å². The Morgan fingerprint density at radius 1 is 1.19 bits per heavy atom. The topological polar surface area (TPSA) is 45.2 Å². The molecule has 1 N–H and O–H groups in total. The number of carbonyl (C=O) groups excluding carboxylic acids is 1. The molecule has 0 spiro atoms. The van der Waals surface area contributed by atoms with Gasteiger partial charge >= 0.3 is 0 Å². The number of hydrogen-bond donors (Lipinski definition) is 1. The van der Waals surface area contributed by atoms with Gasteiger partial charge < -0.3 is 5.32 Å². The number of benzene rings is 2. The Morgan fingerprint density at radius 2 is 2.03 bits per heavy atom. The van der Waals surface area contributed by atoms with Crippen LogP contribution in [0.4, 0.5) is 5.00 Å². The standard InChI is InChI=1S/C23H19Cl2N3OS2/c1-2-28-10-9-15-19(12-28)31-23(27-21(29)14-8-7-13(24)11-16(14)25)20(15)22-26-17-5-3-4-6-18(17)30-22/h3-8,11H,2,9-10,12H2,1H3,(H,27,29). The summed E-state index contributed by atoms with van der Waals surface area (Å²) in [4.78, 5) is 21.7. The summed E-state index contributed by atoms with van der Waals surface area (Å²) < 4.78 is 1.14. The third-order valence-corrected chi connectivity index (χ3v) is 8.23. The number of nitrogens with zero attached hydrogens (tertiary/aromatic N) is 2. The number of amides is 1. The van der Waals surface area contributed by atoms with E-state index in [0.29, 0.717) is 15.6 Å². The maximum atomic E-state index is 13.1. The molecule has 31 heavy (non-hydrogen) atoms. The molecule has 0 unspecified atom stereocenters. The second-order valence-electron chi connectivity index (χ2n) is 7.39. The lowest BCUT2D eigenvalue weighted by atomic mass is 10.0. The van der Waals surface area contributed by atoms with Gasteiger partial charge in [-0.3, -0.25) is 9.69 Å². The van der Waals surface area contributed by atoms with E-state index in [0.717, 1.165) is 51.8 Å². The Morgan fingerprint density at radius 3 is 2.81 bits per heavy atom. The summed E-state index contributed by atoms with van der Waals surface area (Å²) in [5.41, 5.74) is 3.73. The minimum atomic E-state index is -0.241. The second kappa shape index (κ2) is 8.52. The molecule has 0 radical (unpaired) electrons. The molecule has 0 aliphatic carbocycles. The molecule has 1 aliphatic heterocycles. The third kappa shape index (κ3) is 3.99. The van der Waals surface area contributed by atoms with E-state index in [1.165, 1.54) is 10.4 Å². The summed E-state index contributed by atoms with van der Waals surface area (Å²) in [6.07, 6.45) is 0.947. The highest BCUT2D eigenvalue weighted by atomic mass is 35.5. The molecule has 0 saturated carbocycles. The fourth-order valence-corrected chi connectivity index (χ4v) is 6.75. The normalized spacial score (nSPS) is 14.0. The molecule has 8 heteroatoms. The van der Waals surface area contributed by atoms with Crippen LogP contribution in [0.1, 0.15) is 27.7 Å². The lowest BCUT2D eigenvalue weighted by Gasteiger charge is -2.25. The van der Waals surface area contributed by atoms with Crippen molar-refractivity contribution in [1.29, 1.82) is 0 Å². The highest BCUT2D eigenvalue weighted by Crippen LogP contribution is 2.45. The summed E-state index contributed by atoms with van der Waals surface area (Å²) in [5.74, 6) is -0.241.